The van der Waals surface area contributed by atoms with Gasteiger partial charge in [0, 0.05) is 57.3 Å². The number of benzene rings is 1. The maximum Gasteiger partial charge on any atom is 0.224 e. The molecule has 1 N–H and O–H groups in total. The zero-order chi connectivity index (χ0) is 17.1. The normalized spacial score (nSPS) is 17.5. The second-order valence-electron chi connectivity index (χ2n) is 6.19. The summed E-state index contributed by atoms with van der Waals surface area (Å²) in [7, 11) is 3.94. The van der Waals surface area contributed by atoms with Crippen molar-refractivity contribution in [2.75, 3.05) is 25.5 Å². The van der Waals surface area contributed by atoms with Gasteiger partial charge >= 0.3 is 0 Å². The average molecular weight is 348 g/mol. The van der Waals surface area contributed by atoms with E-state index in [2.05, 4.69) is 10.3 Å². The third-order valence-electron chi connectivity index (χ3n) is 3.99. The topological polar surface area (TPSA) is 48.5 Å². The monoisotopic (exact) mass is 348 g/mol. The second-order valence-corrected chi connectivity index (χ2v) is 7.28. The maximum absolute atomic E-state index is 13.0. The van der Waals surface area contributed by atoms with Crippen molar-refractivity contribution >= 4 is 22.4 Å². The van der Waals surface area contributed by atoms with Crippen molar-refractivity contribution in [3.05, 3.63) is 46.7 Å². The number of amides is 1. The van der Waals surface area contributed by atoms with Crippen LogP contribution < -0.4 is 10.2 Å². The van der Waals surface area contributed by atoms with Gasteiger partial charge in [-0.25, -0.2) is 9.37 Å². The Morgan fingerprint density at radius 3 is 2.79 bits per heavy atom. The van der Waals surface area contributed by atoms with Crippen LogP contribution >= 0.6 is 11.3 Å². The molecule has 0 saturated carbocycles. The molecule has 1 aliphatic rings. The minimum absolute atomic E-state index is 0.134. The van der Waals surface area contributed by atoms with Gasteiger partial charge < -0.3 is 15.1 Å². The number of aromatic nitrogens is 1. The summed E-state index contributed by atoms with van der Waals surface area (Å²) >= 11 is 1.65. The first-order valence-corrected chi connectivity index (χ1v) is 8.70. The number of nitrogens with zero attached hydrogens (tertiary/aromatic N) is 3. The van der Waals surface area contributed by atoms with Crippen LogP contribution in [0.4, 0.5) is 9.52 Å². The molecule has 1 saturated heterocycles. The number of anilines is 1. The number of rotatable bonds is 6. The van der Waals surface area contributed by atoms with E-state index < -0.39 is 0 Å². The lowest BCUT2D eigenvalue weighted by atomic mass is 10.2. The molecular weight excluding hydrogens is 327 g/mol. The number of hydrogen-bond donors (Lipinski definition) is 1. The van der Waals surface area contributed by atoms with Gasteiger partial charge in [0.2, 0.25) is 5.91 Å². The van der Waals surface area contributed by atoms with Gasteiger partial charge in [0.15, 0.2) is 5.13 Å². The molecule has 1 aliphatic heterocycles. The molecule has 1 atom stereocenters. The Kier molecular flexibility index (Phi) is 5.11. The highest BCUT2D eigenvalue weighted by molar-refractivity contribution is 7.15. The van der Waals surface area contributed by atoms with Gasteiger partial charge in [-0.1, -0.05) is 12.1 Å². The van der Waals surface area contributed by atoms with Gasteiger partial charge in [0.25, 0.3) is 0 Å². The summed E-state index contributed by atoms with van der Waals surface area (Å²) in [4.78, 5) is 21.5. The molecule has 1 fully saturated rings. The van der Waals surface area contributed by atoms with Gasteiger partial charge in [0.05, 0.1) is 0 Å². The molecule has 1 amide bonds. The highest BCUT2D eigenvalue weighted by Gasteiger charge is 2.29. The van der Waals surface area contributed by atoms with Crippen molar-refractivity contribution in [1.29, 1.82) is 0 Å². The summed E-state index contributed by atoms with van der Waals surface area (Å²) in [6.07, 6.45) is 2.38. The van der Waals surface area contributed by atoms with Crippen LogP contribution in [0.25, 0.3) is 0 Å². The predicted molar refractivity (Wildman–Crippen MR) is 93.5 cm³/mol. The van der Waals surface area contributed by atoms with E-state index in [0.717, 1.165) is 15.6 Å². The molecule has 5 nitrogen and oxygen atoms in total. The molecule has 0 aliphatic carbocycles. The molecule has 3 rings (SSSR count). The summed E-state index contributed by atoms with van der Waals surface area (Å²) in [6.45, 7) is 1.92. The number of likely N-dealkylation sites (tertiary alicyclic amines) is 1. The molecule has 0 radical (unpaired) electrons. The summed E-state index contributed by atoms with van der Waals surface area (Å²) in [6, 6.07) is 6.45. The number of carbonyl (C=O) groups is 1. The molecule has 7 heteroatoms. The Morgan fingerprint density at radius 1 is 1.38 bits per heavy atom. The minimum atomic E-state index is -0.257. The summed E-state index contributed by atoms with van der Waals surface area (Å²) in [5.74, 6) is -0.122. The molecular formula is C17H21FN4OS. The molecule has 2 aromatic rings. The highest BCUT2D eigenvalue weighted by Crippen LogP contribution is 2.21. The third-order valence-corrected chi connectivity index (χ3v) is 5.16. The van der Waals surface area contributed by atoms with E-state index >= 15 is 0 Å². The fourth-order valence-corrected chi connectivity index (χ4v) is 3.49. The second kappa shape index (κ2) is 7.27. The first-order valence-electron chi connectivity index (χ1n) is 7.89. The number of carbonyl (C=O) groups excluding carboxylic acids is 1. The van der Waals surface area contributed by atoms with E-state index in [1.807, 2.05) is 30.1 Å². The van der Waals surface area contributed by atoms with Crippen LogP contribution in [0.1, 0.15) is 16.9 Å². The highest BCUT2D eigenvalue weighted by atomic mass is 32.1. The Hall–Kier alpha value is -1.99. The molecule has 1 aromatic carbocycles. The van der Waals surface area contributed by atoms with Gasteiger partial charge in [-0.2, -0.15) is 0 Å². The van der Waals surface area contributed by atoms with Crippen LogP contribution in [0, 0.1) is 5.82 Å². The SMILES string of the molecule is CN(C)c1ncc(CNC2CC(=O)N(Cc3ccc(F)cc3)C2)s1. The quantitative estimate of drug-likeness (QED) is 0.870. The zero-order valence-corrected chi connectivity index (χ0v) is 14.6. The van der Waals surface area contributed by atoms with E-state index in [1.165, 1.54) is 12.1 Å². The molecule has 1 aromatic heterocycles. The van der Waals surface area contributed by atoms with E-state index in [9.17, 15) is 9.18 Å². The summed E-state index contributed by atoms with van der Waals surface area (Å²) < 4.78 is 13.0. The lowest BCUT2D eigenvalue weighted by molar-refractivity contribution is -0.128. The van der Waals surface area contributed by atoms with Crippen LogP contribution in [0.3, 0.4) is 0 Å². The van der Waals surface area contributed by atoms with Crippen LogP contribution in [0.2, 0.25) is 0 Å². The van der Waals surface area contributed by atoms with Crippen LogP contribution in [0.15, 0.2) is 30.5 Å². The molecule has 1 unspecified atom stereocenters. The van der Waals surface area contributed by atoms with Crippen LogP contribution in [0.5, 0.6) is 0 Å². The summed E-state index contributed by atoms with van der Waals surface area (Å²) in [5, 5.41) is 4.41. The van der Waals surface area contributed by atoms with Crippen molar-refractivity contribution in [3.8, 4) is 0 Å². The molecule has 128 valence electrons. The Balaban J connectivity index is 1.51. The largest absolute Gasteiger partial charge is 0.354 e. The standard InChI is InChI=1S/C17H21FN4OS/c1-21(2)17-20-9-15(24-17)8-19-14-7-16(23)22(11-14)10-12-3-5-13(18)6-4-12/h3-6,9,14,19H,7-8,10-11H2,1-2H3. The van der Waals surface area contributed by atoms with Crippen molar-refractivity contribution in [1.82, 2.24) is 15.2 Å². The molecule has 2 heterocycles. The number of halogens is 1. The fraction of sp³-hybridized carbons (Fsp3) is 0.412. The van der Waals surface area contributed by atoms with Gasteiger partial charge in [-0.05, 0) is 17.7 Å². The lowest BCUT2D eigenvalue weighted by Gasteiger charge is -2.17. The summed E-state index contributed by atoms with van der Waals surface area (Å²) in [5.41, 5.74) is 0.948. The Bertz CT molecular complexity index is 701. The van der Waals surface area contributed by atoms with E-state index in [0.29, 0.717) is 26.1 Å². The van der Waals surface area contributed by atoms with Crippen molar-refractivity contribution < 1.29 is 9.18 Å². The van der Waals surface area contributed by atoms with E-state index in [4.69, 9.17) is 0 Å². The van der Waals surface area contributed by atoms with Crippen molar-refractivity contribution in [2.45, 2.75) is 25.6 Å². The van der Waals surface area contributed by atoms with E-state index in [1.54, 1.807) is 23.5 Å². The number of nitrogens with one attached hydrogen (secondary N) is 1. The molecule has 24 heavy (non-hydrogen) atoms. The van der Waals surface area contributed by atoms with Gasteiger partial charge in [-0.3, -0.25) is 4.79 Å². The average Bonchev–Trinajstić information content (AvgIpc) is 3.15. The lowest BCUT2D eigenvalue weighted by Crippen LogP contribution is -2.32. The zero-order valence-electron chi connectivity index (χ0n) is 13.8. The number of hydrogen-bond acceptors (Lipinski definition) is 5. The van der Waals surface area contributed by atoms with Crippen molar-refractivity contribution in [3.63, 3.8) is 0 Å². The third kappa shape index (κ3) is 4.10. The van der Waals surface area contributed by atoms with Crippen LogP contribution in [-0.4, -0.2) is 42.5 Å². The van der Waals surface area contributed by atoms with Crippen LogP contribution in [-0.2, 0) is 17.9 Å². The number of thiazole rings is 1. The molecule has 0 spiro atoms. The maximum atomic E-state index is 13.0. The first kappa shape index (κ1) is 16.9. The smallest absolute Gasteiger partial charge is 0.224 e. The predicted octanol–water partition coefficient (Wildman–Crippen LogP) is 2.24. The van der Waals surface area contributed by atoms with Gasteiger partial charge in [-0.15, -0.1) is 11.3 Å². The Morgan fingerprint density at radius 2 is 2.12 bits per heavy atom. The molecule has 0 bridgehead atoms. The Labute approximate surface area is 145 Å². The van der Waals surface area contributed by atoms with E-state index in [-0.39, 0.29) is 17.8 Å². The minimum Gasteiger partial charge on any atom is -0.354 e. The van der Waals surface area contributed by atoms with Gasteiger partial charge in [0.1, 0.15) is 5.82 Å². The van der Waals surface area contributed by atoms with Crippen molar-refractivity contribution in [2.24, 2.45) is 0 Å². The fourth-order valence-electron chi connectivity index (χ4n) is 2.70. The first-order chi connectivity index (χ1) is 11.5.